The molecule has 3 nitrogen and oxygen atoms in total. The first-order chi connectivity index (χ1) is 9.78. The first-order valence-corrected chi connectivity index (χ1v) is 6.80. The Hall–Kier alpha value is -2.29. The van der Waals surface area contributed by atoms with Crippen LogP contribution in [0.3, 0.4) is 0 Å². The van der Waals surface area contributed by atoms with Crippen molar-refractivity contribution in [3.8, 4) is 0 Å². The summed E-state index contributed by atoms with van der Waals surface area (Å²) in [6.07, 6.45) is 0.334. The summed E-state index contributed by atoms with van der Waals surface area (Å²) in [7, 11) is 0. The molecule has 2 rings (SSSR count). The van der Waals surface area contributed by atoms with Crippen LogP contribution in [0.1, 0.15) is 18.1 Å². The summed E-state index contributed by atoms with van der Waals surface area (Å²) in [6.45, 7) is 3.01. The number of benzene rings is 2. The maximum atomic E-state index is 11.4. The van der Waals surface area contributed by atoms with Crippen LogP contribution in [0.4, 0.5) is 5.69 Å². The third kappa shape index (κ3) is 4.43. The number of carbonyl (C=O) groups is 1. The Morgan fingerprint density at radius 1 is 1.00 bits per heavy atom. The number of hydrogen-bond donors (Lipinski definition) is 1. The van der Waals surface area contributed by atoms with Crippen LogP contribution >= 0.6 is 0 Å². The lowest BCUT2D eigenvalue weighted by atomic mass is 10.1. The molecular weight excluding hydrogens is 250 g/mol. The summed E-state index contributed by atoms with van der Waals surface area (Å²) < 4.78 is 4.93. The summed E-state index contributed by atoms with van der Waals surface area (Å²) in [4.78, 5) is 11.4. The highest BCUT2D eigenvalue weighted by molar-refractivity contribution is 5.72. The molecule has 2 aromatic carbocycles. The van der Waals surface area contributed by atoms with Gasteiger partial charge in [-0.3, -0.25) is 4.79 Å². The summed E-state index contributed by atoms with van der Waals surface area (Å²) in [5.41, 5.74) is 3.26. The number of nitrogens with one attached hydrogen (secondary N) is 1. The van der Waals surface area contributed by atoms with Gasteiger partial charge in [0.25, 0.3) is 0 Å². The van der Waals surface area contributed by atoms with Gasteiger partial charge < -0.3 is 10.1 Å². The number of anilines is 1. The molecule has 0 aliphatic heterocycles. The zero-order chi connectivity index (χ0) is 14.2. The van der Waals surface area contributed by atoms with Crippen molar-refractivity contribution in [1.29, 1.82) is 0 Å². The number of hydrogen-bond acceptors (Lipinski definition) is 3. The van der Waals surface area contributed by atoms with Gasteiger partial charge in [-0.1, -0.05) is 42.5 Å². The van der Waals surface area contributed by atoms with Crippen LogP contribution in [0, 0.1) is 0 Å². The van der Waals surface area contributed by atoms with E-state index in [0.717, 1.165) is 17.8 Å². The van der Waals surface area contributed by atoms with Gasteiger partial charge in [0.15, 0.2) is 0 Å². The molecule has 0 radical (unpaired) electrons. The Kier molecular flexibility index (Phi) is 5.18. The van der Waals surface area contributed by atoms with Crippen molar-refractivity contribution in [2.24, 2.45) is 0 Å². The van der Waals surface area contributed by atoms with Gasteiger partial charge in [-0.25, -0.2) is 0 Å². The molecule has 0 heterocycles. The largest absolute Gasteiger partial charge is 0.466 e. The summed E-state index contributed by atoms with van der Waals surface area (Å²) in [5.74, 6) is -0.178. The maximum Gasteiger partial charge on any atom is 0.310 e. The standard InChI is InChI=1S/C17H19NO2/c1-2-20-17(19)12-14-8-10-15(11-9-14)13-18-16-6-4-3-5-7-16/h3-11,18H,2,12-13H2,1H3. The predicted molar refractivity (Wildman–Crippen MR) is 80.5 cm³/mol. The average Bonchev–Trinajstić information content (AvgIpc) is 2.48. The van der Waals surface area contributed by atoms with Gasteiger partial charge in [-0.2, -0.15) is 0 Å². The molecule has 2 aromatic rings. The van der Waals surface area contributed by atoms with Gasteiger partial charge >= 0.3 is 5.97 Å². The lowest BCUT2D eigenvalue weighted by Gasteiger charge is -2.07. The van der Waals surface area contributed by atoms with Crippen molar-refractivity contribution in [3.05, 3.63) is 65.7 Å². The Labute approximate surface area is 119 Å². The second-order valence-electron chi connectivity index (χ2n) is 4.52. The normalized spacial score (nSPS) is 10.1. The average molecular weight is 269 g/mol. The molecule has 0 amide bonds. The lowest BCUT2D eigenvalue weighted by Crippen LogP contribution is -2.07. The van der Waals surface area contributed by atoms with E-state index in [9.17, 15) is 4.79 Å². The van der Waals surface area contributed by atoms with E-state index in [4.69, 9.17) is 4.74 Å². The highest BCUT2D eigenvalue weighted by Crippen LogP contribution is 2.10. The number of esters is 1. The SMILES string of the molecule is CCOC(=O)Cc1ccc(CNc2ccccc2)cc1. The van der Waals surface area contributed by atoms with Crippen molar-refractivity contribution in [3.63, 3.8) is 0 Å². The molecule has 3 heteroatoms. The second-order valence-corrected chi connectivity index (χ2v) is 4.52. The van der Waals surface area contributed by atoms with E-state index in [1.807, 2.05) is 61.5 Å². The van der Waals surface area contributed by atoms with Crippen LogP contribution < -0.4 is 5.32 Å². The molecule has 20 heavy (non-hydrogen) atoms. The van der Waals surface area contributed by atoms with Crippen LogP contribution in [0.5, 0.6) is 0 Å². The zero-order valence-corrected chi connectivity index (χ0v) is 11.6. The molecule has 1 N–H and O–H groups in total. The van der Waals surface area contributed by atoms with E-state index in [1.54, 1.807) is 0 Å². The zero-order valence-electron chi connectivity index (χ0n) is 11.6. The van der Waals surface area contributed by atoms with Gasteiger partial charge in [0.1, 0.15) is 0 Å². The molecule has 0 aliphatic rings. The molecule has 104 valence electrons. The quantitative estimate of drug-likeness (QED) is 0.817. The summed E-state index contributed by atoms with van der Waals surface area (Å²) in [5, 5.41) is 3.35. The third-order valence-electron chi connectivity index (χ3n) is 2.95. The minimum Gasteiger partial charge on any atom is -0.466 e. The first kappa shape index (κ1) is 14.1. The molecule has 0 fully saturated rings. The second kappa shape index (κ2) is 7.34. The fourth-order valence-corrected chi connectivity index (χ4v) is 1.91. The highest BCUT2D eigenvalue weighted by Gasteiger charge is 2.03. The van der Waals surface area contributed by atoms with Crippen molar-refractivity contribution in [2.45, 2.75) is 19.9 Å². The van der Waals surface area contributed by atoms with Crippen LogP contribution in [0.15, 0.2) is 54.6 Å². The number of para-hydroxylation sites is 1. The molecule has 0 aliphatic carbocycles. The van der Waals surface area contributed by atoms with Gasteiger partial charge in [0.05, 0.1) is 13.0 Å². The Morgan fingerprint density at radius 3 is 2.30 bits per heavy atom. The molecule has 0 saturated carbocycles. The fourth-order valence-electron chi connectivity index (χ4n) is 1.91. The van der Waals surface area contributed by atoms with Crippen molar-refractivity contribution in [2.75, 3.05) is 11.9 Å². The van der Waals surface area contributed by atoms with E-state index in [-0.39, 0.29) is 5.97 Å². The van der Waals surface area contributed by atoms with Crippen molar-refractivity contribution >= 4 is 11.7 Å². The van der Waals surface area contributed by atoms with Crippen LogP contribution in [-0.2, 0) is 22.5 Å². The third-order valence-corrected chi connectivity index (χ3v) is 2.95. The highest BCUT2D eigenvalue weighted by atomic mass is 16.5. The maximum absolute atomic E-state index is 11.4. The lowest BCUT2D eigenvalue weighted by molar-refractivity contribution is -0.142. The Morgan fingerprint density at radius 2 is 1.65 bits per heavy atom. The first-order valence-electron chi connectivity index (χ1n) is 6.80. The van der Waals surface area contributed by atoms with Gasteiger partial charge in [0, 0.05) is 12.2 Å². The molecule has 0 atom stereocenters. The van der Waals surface area contributed by atoms with Crippen molar-refractivity contribution < 1.29 is 9.53 Å². The van der Waals surface area contributed by atoms with Crippen LogP contribution in [0.2, 0.25) is 0 Å². The van der Waals surface area contributed by atoms with Crippen molar-refractivity contribution in [1.82, 2.24) is 0 Å². The number of carbonyl (C=O) groups excluding carboxylic acids is 1. The minimum atomic E-state index is -0.178. The smallest absolute Gasteiger partial charge is 0.310 e. The van der Waals surface area contributed by atoms with Gasteiger partial charge in [0.2, 0.25) is 0 Å². The molecule has 0 aromatic heterocycles. The van der Waals surface area contributed by atoms with Gasteiger partial charge in [-0.15, -0.1) is 0 Å². The molecule has 0 unspecified atom stereocenters. The van der Waals surface area contributed by atoms with E-state index >= 15 is 0 Å². The molecule has 0 saturated heterocycles. The monoisotopic (exact) mass is 269 g/mol. The fraction of sp³-hybridized carbons (Fsp3) is 0.235. The number of rotatable bonds is 6. The van der Waals surface area contributed by atoms with Gasteiger partial charge in [-0.05, 0) is 30.2 Å². The van der Waals surface area contributed by atoms with E-state index < -0.39 is 0 Å². The Bertz CT molecular complexity index is 535. The molecular formula is C17H19NO2. The minimum absolute atomic E-state index is 0.178. The molecule has 0 bridgehead atoms. The van der Waals surface area contributed by atoms with E-state index in [0.29, 0.717) is 13.0 Å². The molecule has 0 spiro atoms. The summed E-state index contributed by atoms with van der Waals surface area (Å²) >= 11 is 0. The predicted octanol–water partition coefficient (Wildman–Crippen LogP) is 3.40. The van der Waals surface area contributed by atoms with Crippen LogP contribution in [-0.4, -0.2) is 12.6 Å². The number of ether oxygens (including phenoxy) is 1. The van der Waals surface area contributed by atoms with E-state index in [2.05, 4.69) is 5.32 Å². The van der Waals surface area contributed by atoms with E-state index in [1.165, 1.54) is 5.56 Å². The topological polar surface area (TPSA) is 38.3 Å². The van der Waals surface area contributed by atoms with Crippen LogP contribution in [0.25, 0.3) is 0 Å². The Balaban J connectivity index is 1.87. The summed E-state index contributed by atoms with van der Waals surface area (Å²) in [6, 6.07) is 18.1.